The van der Waals surface area contributed by atoms with E-state index in [4.69, 9.17) is 9.84 Å². The van der Waals surface area contributed by atoms with E-state index >= 15 is 0 Å². The molecule has 66 valence electrons. The Morgan fingerprint density at radius 2 is 2.58 bits per heavy atom. The summed E-state index contributed by atoms with van der Waals surface area (Å²) in [6.45, 7) is 0.190. The lowest BCUT2D eigenvalue weighted by atomic mass is 10.1. The monoisotopic (exact) mass is 169 g/mol. The van der Waals surface area contributed by atoms with E-state index in [0.29, 0.717) is 5.69 Å². The summed E-state index contributed by atoms with van der Waals surface area (Å²) in [5.41, 5.74) is 0.671. The summed E-state index contributed by atoms with van der Waals surface area (Å²) in [6.07, 6.45) is 1.70. The van der Waals surface area contributed by atoms with Crippen LogP contribution in [-0.4, -0.2) is 29.8 Å². The van der Waals surface area contributed by atoms with Crippen molar-refractivity contribution >= 4 is 5.97 Å². The molecule has 0 aliphatic carbocycles. The lowest BCUT2D eigenvalue weighted by Gasteiger charge is -2.08. The van der Waals surface area contributed by atoms with Gasteiger partial charge in [0.15, 0.2) is 0 Å². The number of aromatic nitrogens is 1. The number of rotatable bonds is 4. The van der Waals surface area contributed by atoms with Crippen LogP contribution in [0, 0.1) is 0 Å². The van der Waals surface area contributed by atoms with Gasteiger partial charge in [0, 0.05) is 19.0 Å². The second-order valence-corrected chi connectivity index (χ2v) is 2.47. The van der Waals surface area contributed by atoms with Crippen LogP contribution in [0.2, 0.25) is 0 Å². The largest absolute Gasteiger partial charge is 0.481 e. The van der Waals surface area contributed by atoms with E-state index in [2.05, 4.69) is 4.98 Å². The molecule has 0 amide bonds. The first-order valence-electron chi connectivity index (χ1n) is 3.60. The quantitative estimate of drug-likeness (QED) is 0.701. The van der Waals surface area contributed by atoms with Crippen LogP contribution in [0.1, 0.15) is 11.6 Å². The summed E-state index contributed by atoms with van der Waals surface area (Å²) in [5, 5.41) is 8.78. The third kappa shape index (κ3) is 1.85. The van der Waals surface area contributed by atoms with Gasteiger partial charge in [-0.25, -0.2) is 0 Å². The van der Waals surface area contributed by atoms with Crippen LogP contribution in [0.15, 0.2) is 18.3 Å². The summed E-state index contributed by atoms with van der Waals surface area (Å²) >= 11 is 0. The third-order valence-corrected chi connectivity index (χ3v) is 1.63. The Morgan fingerprint density at radius 1 is 1.83 bits per heavy atom. The maximum atomic E-state index is 10.7. The zero-order chi connectivity index (χ0) is 8.97. The van der Waals surface area contributed by atoms with E-state index in [-0.39, 0.29) is 6.61 Å². The smallest absolute Gasteiger partial charge is 0.314 e. The first-order chi connectivity index (χ1) is 5.75. The van der Waals surface area contributed by atoms with Gasteiger partial charge in [0.05, 0.1) is 6.61 Å². The molecule has 1 aromatic heterocycles. The van der Waals surface area contributed by atoms with Crippen molar-refractivity contribution in [3.05, 3.63) is 24.0 Å². The van der Waals surface area contributed by atoms with E-state index in [1.807, 2.05) is 0 Å². The van der Waals surface area contributed by atoms with Crippen molar-refractivity contribution in [1.82, 2.24) is 4.98 Å². The zero-order valence-electron chi connectivity index (χ0n) is 6.78. The molecule has 0 saturated heterocycles. The molecule has 0 saturated carbocycles. The number of nitrogens with one attached hydrogen (secondary N) is 1. The van der Waals surface area contributed by atoms with Crippen LogP contribution in [0.3, 0.4) is 0 Å². The Morgan fingerprint density at radius 3 is 3.00 bits per heavy atom. The van der Waals surface area contributed by atoms with Crippen molar-refractivity contribution in [1.29, 1.82) is 0 Å². The van der Waals surface area contributed by atoms with E-state index in [0.717, 1.165) is 0 Å². The molecule has 1 heterocycles. The van der Waals surface area contributed by atoms with Crippen molar-refractivity contribution in [2.24, 2.45) is 0 Å². The molecule has 0 aliphatic rings. The molecule has 0 radical (unpaired) electrons. The number of hydrogen-bond acceptors (Lipinski definition) is 2. The van der Waals surface area contributed by atoms with Gasteiger partial charge >= 0.3 is 5.97 Å². The average Bonchev–Trinajstić information content (AvgIpc) is 2.51. The number of aliphatic carboxylic acids is 1. The van der Waals surface area contributed by atoms with Gasteiger partial charge in [-0.05, 0) is 12.1 Å². The average molecular weight is 169 g/mol. The van der Waals surface area contributed by atoms with Crippen LogP contribution in [-0.2, 0) is 9.53 Å². The minimum absolute atomic E-state index is 0.190. The van der Waals surface area contributed by atoms with Gasteiger partial charge in [-0.3, -0.25) is 4.79 Å². The van der Waals surface area contributed by atoms with Crippen LogP contribution >= 0.6 is 0 Å². The summed E-state index contributed by atoms with van der Waals surface area (Å²) in [4.78, 5) is 13.5. The number of carboxylic acids is 1. The highest BCUT2D eigenvalue weighted by Gasteiger charge is 2.19. The molecule has 4 heteroatoms. The number of H-pyrrole nitrogens is 1. The minimum atomic E-state index is -0.876. The Balaban J connectivity index is 2.73. The first kappa shape index (κ1) is 8.80. The lowest BCUT2D eigenvalue weighted by molar-refractivity contribution is -0.140. The second-order valence-electron chi connectivity index (χ2n) is 2.47. The zero-order valence-corrected chi connectivity index (χ0v) is 6.78. The normalized spacial score (nSPS) is 12.8. The highest BCUT2D eigenvalue weighted by molar-refractivity contribution is 5.75. The Kier molecular flexibility index (Phi) is 2.88. The standard InChI is InChI=1S/C8H11NO3/c1-12-5-6(8(10)11)7-3-2-4-9-7/h2-4,6,9H,5H2,1H3,(H,10,11). The number of methoxy groups -OCH3 is 1. The number of carboxylic acid groups (broad SMARTS) is 1. The molecule has 1 atom stereocenters. The molecule has 4 nitrogen and oxygen atoms in total. The predicted molar refractivity (Wildman–Crippen MR) is 43.0 cm³/mol. The number of hydrogen-bond donors (Lipinski definition) is 2. The molecule has 2 N–H and O–H groups in total. The molecule has 0 fully saturated rings. The molecule has 0 bridgehead atoms. The molecule has 0 aliphatic heterocycles. The van der Waals surface area contributed by atoms with E-state index in [1.54, 1.807) is 18.3 Å². The van der Waals surface area contributed by atoms with Gasteiger partial charge in [0.2, 0.25) is 0 Å². The highest BCUT2D eigenvalue weighted by atomic mass is 16.5. The topological polar surface area (TPSA) is 62.3 Å². The summed E-state index contributed by atoms with van der Waals surface area (Å²) in [5.74, 6) is -1.47. The Bertz CT molecular complexity index is 243. The second kappa shape index (κ2) is 3.92. The van der Waals surface area contributed by atoms with Gasteiger partial charge in [0.1, 0.15) is 5.92 Å². The van der Waals surface area contributed by atoms with Crippen molar-refractivity contribution in [2.45, 2.75) is 5.92 Å². The first-order valence-corrected chi connectivity index (χ1v) is 3.60. The van der Waals surface area contributed by atoms with Gasteiger partial charge in [0.25, 0.3) is 0 Å². The third-order valence-electron chi connectivity index (χ3n) is 1.63. The number of aromatic amines is 1. The van der Waals surface area contributed by atoms with Gasteiger partial charge in [-0.2, -0.15) is 0 Å². The molecule has 0 spiro atoms. The fourth-order valence-electron chi connectivity index (χ4n) is 1.02. The summed E-state index contributed by atoms with van der Waals surface area (Å²) in [6, 6.07) is 3.50. The maximum absolute atomic E-state index is 10.7. The van der Waals surface area contributed by atoms with Gasteiger partial charge in [-0.15, -0.1) is 0 Å². The van der Waals surface area contributed by atoms with Gasteiger partial charge in [-0.1, -0.05) is 0 Å². The van der Waals surface area contributed by atoms with Crippen LogP contribution < -0.4 is 0 Å². The molecule has 0 aromatic carbocycles. The Labute approximate surface area is 70.2 Å². The number of carbonyl (C=O) groups is 1. The number of ether oxygens (including phenoxy) is 1. The summed E-state index contributed by atoms with van der Waals surface area (Å²) < 4.78 is 4.79. The molecule has 1 aromatic rings. The molecule has 1 unspecified atom stereocenters. The van der Waals surface area contributed by atoms with Crippen LogP contribution in [0.5, 0.6) is 0 Å². The van der Waals surface area contributed by atoms with Crippen molar-refractivity contribution in [3.8, 4) is 0 Å². The highest BCUT2D eigenvalue weighted by Crippen LogP contribution is 2.13. The van der Waals surface area contributed by atoms with E-state index in [9.17, 15) is 4.79 Å². The predicted octanol–water partition coefficient (Wildman–Crippen LogP) is 0.829. The Hall–Kier alpha value is -1.29. The van der Waals surface area contributed by atoms with Crippen LogP contribution in [0.25, 0.3) is 0 Å². The SMILES string of the molecule is COCC(C(=O)O)c1ccc[nH]1. The molecular weight excluding hydrogens is 158 g/mol. The van der Waals surface area contributed by atoms with E-state index < -0.39 is 11.9 Å². The minimum Gasteiger partial charge on any atom is -0.481 e. The van der Waals surface area contributed by atoms with Crippen molar-refractivity contribution in [2.75, 3.05) is 13.7 Å². The van der Waals surface area contributed by atoms with Gasteiger partial charge < -0.3 is 14.8 Å². The molecule has 1 rings (SSSR count). The van der Waals surface area contributed by atoms with Crippen LogP contribution in [0.4, 0.5) is 0 Å². The lowest BCUT2D eigenvalue weighted by Crippen LogP contribution is -2.17. The fourth-order valence-corrected chi connectivity index (χ4v) is 1.02. The molecule has 12 heavy (non-hydrogen) atoms. The van der Waals surface area contributed by atoms with Crippen molar-refractivity contribution in [3.63, 3.8) is 0 Å². The summed E-state index contributed by atoms with van der Waals surface area (Å²) in [7, 11) is 1.48. The van der Waals surface area contributed by atoms with E-state index in [1.165, 1.54) is 7.11 Å². The fraction of sp³-hybridized carbons (Fsp3) is 0.375. The maximum Gasteiger partial charge on any atom is 0.314 e. The van der Waals surface area contributed by atoms with Crippen molar-refractivity contribution < 1.29 is 14.6 Å². The molecular formula is C8H11NO3.